The van der Waals surface area contributed by atoms with Crippen molar-refractivity contribution in [1.29, 1.82) is 0 Å². The van der Waals surface area contributed by atoms with Crippen molar-refractivity contribution in [3.05, 3.63) is 61.7 Å². The summed E-state index contributed by atoms with van der Waals surface area (Å²) in [6.07, 6.45) is 6.22. The van der Waals surface area contributed by atoms with Crippen LogP contribution in [0.1, 0.15) is 35.9 Å². The van der Waals surface area contributed by atoms with Gasteiger partial charge < -0.3 is 19.1 Å². The van der Waals surface area contributed by atoms with Crippen LogP contribution in [-0.2, 0) is 27.8 Å². The zero-order valence-electron chi connectivity index (χ0n) is 27.8. The van der Waals surface area contributed by atoms with Crippen molar-refractivity contribution in [2.45, 2.75) is 38.6 Å². The number of carbonyl (C=O) groups excluding carboxylic acids is 2. The van der Waals surface area contributed by atoms with Gasteiger partial charge in [0.15, 0.2) is 12.4 Å². The largest absolute Gasteiger partial charge is 0.481 e. The summed E-state index contributed by atoms with van der Waals surface area (Å²) in [5.74, 6) is 1.48. The molecule has 0 radical (unpaired) electrons. The van der Waals surface area contributed by atoms with Crippen molar-refractivity contribution < 1.29 is 41.8 Å². The Balaban J connectivity index is 0.000000201. The second-order valence-electron chi connectivity index (χ2n) is 11.9. The number of nitrogens with zero attached hydrogens (tertiary/aromatic N) is 7. The van der Waals surface area contributed by atoms with Crippen molar-refractivity contribution in [3.63, 3.8) is 0 Å². The molecule has 0 spiro atoms. The number of aryl methyl sites for hydroxylation is 1. The van der Waals surface area contributed by atoms with Gasteiger partial charge in [-0.2, -0.15) is 19.3 Å². The lowest BCUT2D eigenvalue weighted by atomic mass is 9.92. The quantitative estimate of drug-likeness (QED) is 0.180. The third kappa shape index (κ3) is 8.62. The Hall–Kier alpha value is -5.21. The fourth-order valence-corrected chi connectivity index (χ4v) is 7.64. The number of hydrogen-bond acceptors (Lipinski definition) is 13. The van der Waals surface area contributed by atoms with Gasteiger partial charge in [0, 0.05) is 34.1 Å². The van der Waals surface area contributed by atoms with E-state index in [1.165, 1.54) is 48.7 Å². The number of aromatic carboxylic acids is 1. The molecule has 2 aliphatic heterocycles. The normalized spacial score (nSPS) is 14.6. The van der Waals surface area contributed by atoms with Gasteiger partial charge in [-0.15, -0.1) is 6.42 Å². The van der Waals surface area contributed by atoms with Gasteiger partial charge in [0.2, 0.25) is 10.7 Å². The van der Waals surface area contributed by atoms with Gasteiger partial charge in [-0.3, -0.25) is 15.0 Å². The number of amides is 3. The summed E-state index contributed by atoms with van der Waals surface area (Å²) >= 11 is 3.06. The number of fused-ring (bicyclic) bond motifs is 2. The topological polar surface area (TPSA) is 220 Å². The Morgan fingerprint density at radius 1 is 1.25 bits per heavy atom. The summed E-state index contributed by atoms with van der Waals surface area (Å²) in [4.78, 5) is 52.6. The SMILES string of the molecule is C#CCN1C(=O)COc2cc(F)c(/N=c3\snc4n3CC(C)(C)C4)cc21.COc1nc(C)nc(NC(=O)NS(=O)(=O)c2cc(I)ccc2C(=O)O)n1. The Kier molecular flexibility index (Phi) is 11.1. The number of terminal acetylenes is 1. The number of anilines is 2. The van der Waals surface area contributed by atoms with Crippen molar-refractivity contribution in [1.82, 2.24) is 28.6 Å². The highest BCUT2D eigenvalue weighted by atomic mass is 127. The molecule has 2 aliphatic rings. The first kappa shape index (κ1) is 38.0. The van der Waals surface area contributed by atoms with E-state index in [1.54, 1.807) is 4.72 Å². The summed E-state index contributed by atoms with van der Waals surface area (Å²) in [5.41, 5.74) is 0.209. The van der Waals surface area contributed by atoms with Crippen LogP contribution in [0.2, 0.25) is 0 Å². The molecule has 4 heterocycles. The number of nitrogens with one attached hydrogen (secondary N) is 2. The number of sulfonamides is 1. The van der Waals surface area contributed by atoms with Crippen molar-refractivity contribution in [3.8, 4) is 24.1 Å². The van der Waals surface area contributed by atoms with E-state index in [2.05, 4.69) is 49.4 Å². The van der Waals surface area contributed by atoms with E-state index >= 15 is 0 Å². The number of benzene rings is 2. The van der Waals surface area contributed by atoms with Crippen molar-refractivity contribution in [2.75, 3.05) is 30.5 Å². The molecule has 0 aliphatic carbocycles. The molecule has 52 heavy (non-hydrogen) atoms. The number of carboxylic acid groups (broad SMARTS) is 1. The lowest BCUT2D eigenvalue weighted by molar-refractivity contribution is -0.121. The molecule has 17 nitrogen and oxygen atoms in total. The Morgan fingerprint density at radius 3 is 2.69 bits per heavy atom. The van der Waals surface area contributed by atoms with Gasteiger partial charge in [-0.05, 0) is 59.2 Å². The summed E-state index contributed by atoms with van der Waals surface area (Å²) in [5, 5.41) is 11.3. The van der Waals surface area contributed by atoms with E-state index in [4.69, 9.17) is 21.0 Å². The van der Waals surface area contributed by atoms with Crippen LogP contribution in [0.25, 0.3) is 0 Å². The predicted octanol–water partition coefficient (Wildman–Crippen LogP) is 3.26. The van der Waals surface area contributed by atoms with Gasteiger partial charge in [0.1, 0.15) is 28.0 Å². The minimum atomic E-state index is -4.45. The Morgan fingerprint density at radius 2 is 2.00 bits per heavy atom. The lowest BCUT2D eigenvalue weighted by Gasteiger charge is -2.28. The third-order valence-corrected chi connectivity index (χ3v) is 10.1. The molecule has 6 rings (SSSR count). The highest BCUT2D eigenvalue weighted by molar-refractivity contribution is 14.1. The van der Waals surface area contributed by atoms with Crippen LogP contribution in [0.3, 0.4) is 0 Å². The molecule has 2 aromatic carbocycles. The van der Waals surface area contributed by atoms with Crippen LogP contribution in [0.4, 0.5) is 26.5 Å². The van der Waals surface area contributed by atoms with E-state index in [9.17, 15) is 27.2 Å². The monoisotopic (exact) mass is 865 g/mol. The van der Waals surface area contributed by atoms with E-state index in [0.717, 1.165) is 30.9 Å². The van der Waals surface area contributed by atoms with E-state index in [1.807, 2.05) is 27.2 Å². The molecule has 21 heteroatoms. The van der Waals surface area contributed by atoms with E-state index in [0.29, 0.717) is 19.8 Å². The maximum Gasteiger partial charge on any atom is 0.337 e. The summed E-state index contributed by atoms with van der Waals surface area (Å²) in [6, 6.07) is 5.22. The molecule has 3 N–H and O–H groups in total. The minimum Gasteiger partial charge on any atom is -0.481 e. The molecule has 2 aromatic heterocycles. The van der Waals surface area contributed by atoms with Gasteiger partial charge >= 0.3 is 18.0 Å². The first-order valence-electron chi connectivity index (χ1n) is 14.9. The molecule has 0 bridgehead atoms. The van der Waals surface area contributed by atoms with E-state index in [-0.39, 0.29) is 47.9 Å². The second-order valence-corrected chi connectivity index (χ2v) is 15.5. The zero-order chi connectivity index (χ0) is 38.0. The molecular weight excluding hydrogens is 836 g/mol. The number of methoxy groups -OCH3 is 1. The summed E-state index contributed by atoms with van der Waals surface area (Å²) in [7, 11) is -3.14. The highest BCUT2D eigenvalue weighted by Gasteiger charge is 2.31. The predicted molar refractivity (Wildman–Crippen MR) is 192 cm³/mol. The van der Waals surface area contributed by atoms with Crippen LogP contribution < -0.4 is 29.2 Å². The molecular formula is C31H29FIN9O8S2. The Labute approximate surface area is 313 Å². The standard InChI is InChI=1S/C18H17FN4O2S.C13H12IN5O6S/c1-4-5-22-13-7-12(11(19)6-14(13)25-9-16(22)24)20-17-23-10-18(2,3)8-15(23)21-26-17;1-6-15-11(18-13(16-6)25-2)17-12(22)19-26(23,24)9-5-7(14)3-4-8(9)10(20)21/h1,6-7H,5,8-10H2,2-3H3;3-5H,1-2H3,(H,20,21)(H2,15,16,17,18,19,22)/b20-17-;. The maximum absolute atomic E-state index is 14.5. The van der Waals surface area contributed by atoms with Gasteiger partial charge in [-0.25, -0.2) is 32.1 Å². The molecule has 0 fully saturated rings. The van der Waals surface area contributed by atoms with Gasteiger partial charge in [0.05, 0.1) is 24.9 Å². The number of aromatic nitrogens is 5. The van der Waals surface area contributed by atoms with E-state index < -0.39 is 38.3 Å². The van der Waals surface area contributed by atoms with Gasteiger partial charge in [0.25, 0.3) is 15.9 Å². The number of urea groups is 1. The number of rotatable bonds is 7. The second kappa shape index (κ2) is 15.2. The van der Waals surface area contributed by atoms with Crippen LogP contribution >= 0.6 is 34.1 Å². The molecule has 3 amide bonds. The summed E-state index contributed by atoms with van der Waals surface area (Å²) < 4.78 is 58.1. The first-order chi connectivity index (χ1) is 24.5. The smallest absolute Gasteiger partial charge is 0.337 e. The fourth-order valence-electron chi connectivity index (χ4n) is 5.05. The number of carboxylic acids is 1. The van der Waals surface area contributed by atoms with Crippen molar-refractivity contribution in [2.24, 2.45) is 10.4 Å². The third-order valence-electron chi connectivity index (χ3n) is 7.26. The number of ether oxygens (including phenoxy) is 2. The molecule has 4 aromatic rings. The molecule has 0 atom stereocenters. The average Bonchev–Trinajstić information content (AvgIpc) is 3.57. The number of hydrogen-bond donors (Lipinski definition) is 3. The first-order valence-corrected chi connectivity index (χ1v) is 18.3. The van der Waals surface area contributed by atoms with Crippen LogP contribution in [0, 0.1) is 34.1 Å². The maximum atomic E-state index is 14.5. The number of carbonyl (C=O) groups is 3. The van der Waals surface area contributed by atoms with Crippen LogP contribution in [-0.4, -0.2) is 75.6 Å². The van der Waals surface area contributed by atoms with Crippen molar-refractivity contribution >= 4 is 79.4 Å². The van der Waals surface area contributed by atoms with Crippen LogP contribution in [0.15, 0.2) is 40.2 Å². The Bertz CT molecular complexity index is 2320. The lowest BCUT2D eigenvalue weighted by Crippen LogP contribution is -2.39. The minimum absolute atomic E-state index is 0.0681. The summed E-state index contributed by atoms with van der Waals surface area (Å²) in [6.45, 7) is 6.58. The average molecular weight is 866 g/mol. The van der Waals surface area contributed by atoms with Gasteiger partial charge in [-0.1, -0.05) is 19.8 Å². The zero-order valence-corrected chi connectivity index (χ0v) is 31.6. The highest BCUT2D eigenvalue weighted by Crippen LogP contribution is 2.37. The number of halogens is 2. The van der Waals surface area contributed by atoms with Crippen LogP contribution in [0.5, 0.6) is 11.8 Å². The fraction of sp³-hybridized carbons (Fsp3) is 0.290. The molecule has 0 unspecified atom stereocenters. The molecule has 272 valence electrons. The molecule has 0 saturated heterocycles. The molecule has 0 saturated carbocycles.